The Balaban J connectivity index is 3.62. The number of rotatable bonds is 3. The van der Waals surface area contributed by atoms with Crippen molar-refractivity contribution in [2.75, 3.05) is 0 Å². The molecule has 3 nitrogen and oxygen atoms in total. The number of hydrogen-bond acceptors (Lipinski definition) is 1. The Morgan fingerprint density at radius 1 is 1.25 bits per heavy atom. The van der Waals surface area contributed by atoms with E-state index < -0.39 is 5.24 Å². The molecule has 0 atom stereocenters. The van der Waals surface area contributed by atoms with Crippen LogP contribution < -0.4 is 4.57 Å². The molecule has 0 aromatic carbocycles. The van der Waals surface area contributed by atoms with E-state index >= 15 is 0 Å². The molecule has 1 aromatic rings. The maximum Gasteiger partial charge on any atom is 0.343 e. The standard InChI is InChI=1S/C12H20ClN2O/c1-7(2)14-9(5)10(6)15(8(3)4)12(14)11(13)16/h7-8H,1-6H3/q+1. The normalized spacial score (nSPS) is 11.6. The van der Waals surface area contributed by atoms with Gasteiger partial charge in [-0.3, -0.25) is 4.79 Å². The maximum absolute atomic E-state index is 11.6. The number of carbonyl (C=O) groups is 1. The second-order valence-electron chi connectivity index (χ2n) is 4.70. The monoisotopic (exact) mass is 243 g/mol. The van der Waals surface area contributed by atoms with Crippen molar-refractivity contribution in [1.82, 2.24) is 4.57 Å². The Labute approximate surface area is 102 Å². The first kappa shape index (κ1) is 13.2. The predicted molar refractivity (Wildman–Crippen MR) is 65.1 cm³/mol. The van der Waals surface area contributed by atoms with Crippen LogP contribution in [0, 0.1) is 13.8 Å². The zero-order valence-electron chi connectivity index (χ0n) is 10.8. The first-order chi connectivity index (χ1) is 7.29. The lowest BCUT2D eigenvalue weighted by molar-refractivity contribution is -0.722. The molecule has 1 heterocycles. The smallest absolute Gasteiger partial charge is 0.267 e. The summed E-state index contributed by atoms with van der Waals surface area (Å²) in [5.41, 5.74) is 2.21. The summed E-state index contributed by atoms with van der Waals surface area (Å²) in [7, 11) is 0. The van der Waals surface area contributed by atoms with E-state index in [4.69, 9.17) is 11.6 Å². The topological polar surface area (TPSA) is 25.9 Å². The van der Waals surface area contributed by atoms with Crippen molar-refractivity contribution in [2.24, 2.45) is 0 Å². The molecular weight excluding hydrogens is 224 g/mol. The summed E-state index contributed by atoms with van der Waals surface area (Å²) in [5.74, 6) is 0.585. The van der Waals surface area contributed by atoms with Crippen LogP contribution in [0.2, 0.25) is 0 Å². The van der Waals surface area contributed by atoms with Gasteiger partial charge in [0.2, 0.25) is 0 Å². The van der Waals surface area contributed by atoms with Crippen molar-refractivity contribution in [3.05, 3.63) is 17.2 Å². The Morgan fingerprint density at radius 2 is 1.75 bits per heavy atom. The number of nitrogens with zero attached hydrogens (tertiary/aromatic N) is 2. The number of aromatic nitrogens is 2. The lowest BCUT2D eigenvalue weighted by Crippen LogP contribution is -2.43. The molecule has 0 aliphatic rings. The molecule has 0 radical (unpaired) electrons. The van der Waals surface area contributed by atoms with Gasteiger partial charge in [0.25, 0.3) is 0 Å². The molecule has 0 unspecified atom stereocenters. The van der Waals surface area contributed by atoms with Crippen LogP contribution in [0.4, 0.5) is 0 Å². The van der Waals surface area contributed by atoms with E-state index in [1.807, 2.05) is 23.0 Å². The number of imidazole rings is 1. The minimum Gasteiger partial charge on any atom is -0.267 e. The quantitative estimate of drug-likeness (QED) is 0.592. The fourth-order valence-electron chi connectivity index (χ4n) is 2.24. The van der Waals surface area contributed by atoms with Gasteiger partial charge in [-0.15, -0.1) is 0 Å². The van der Waals surface area contributed by atoms with Gasteiger partial charge in [0.1, 0.15) is 11.4 Å². The van der Waals surface area contributed by atoms with Gasteiger partial charge in [0.15, 0.2) is 0 Å². The third kappa shape index (κ3) is 2.01. The summed E-state index contributed by atoms with van der Waals surface area (Å²) in [4.78, 5) is 11.6. The van der Waals surface area contributed by atoms with E-state index in [1.54, 1.807) is 0 Å². The van der Waals surface area contributed by atoms with E-state index in [0.717, 1.165) is 11.4 Å². The minimum atomic E-state index is -0.390. The zero-order valence-corrected chi connectivity index (χ0v) is 11.6. The summed E-state index contributed by atoms with van der Waals surface area (Å²) >= 11 is 5.71. The molecule has 0 saturated carbocycles. The van der Waals surface area contributed by atoms with Crippen LogP contribution in [-0.4, -0.2) is 9.81 Å². The molecular formula is C12H20ClN2O+. The van der Waals surface area contributed by atoms with Crippen molar-refractivity contribution < 1.29 is 9.36 Å². The summed E-state index contributed by atoms with van der Waals surface area (Å²) < 4.78 is 4.01. The molecule has 0 amide bonds. The summed E-state index contributed by atoms with van der Waals surface area (Å²) in [5, 5.41) is -0.390. The highest BCUT2D eigenvalue weighted by Gasteiger charge is 2.32. The second-order valence-corrected chi connectivity index (χ2v) is 5.04. The molecule has 16 heavy (non-hydrogen) atoms. The Bertz CT molecular complexity index is 388. The van der Waals surface area contributed by atoms with Crippen LogP contribution in [-0.2, 0) is 0 Å². The molecule has 0 spiro atoms. The van der Waals surface area contributed by atoms with Crippen LogP contribution in [0.3, 0.4) is 0 Å². The van der Waals surface area contributed by atoms with Gasteiger partial charge in [0.05, 0.1) is 12.1 Å². The Kier molecular flexibility index (Phi) is 3.79. The van der Waals surface area contributed by atoms with Gasteiger partial charge in [0, 0.05) is 13.8 Å². The van der Waals surface area contributed by atoms with Crippen molar-refractivity contribution in [3.63, 3.8) is 0 Å². The van der Waals surface area contributed by atoms with Gasteiger partial charge >= 0.3 is 11.1 Å². The molecule has 0 aliphatic heterocycles. The van der Waals surface area contributed by atoms with E-state index in [2.05, 4.69) is 27.7 Å². The van der Waals surface area contributed by atoms with Crippen LogP contribution in [0.25, 0.3) is 0 Å². The molecule has 0 bridgehead atoms. The van der Waals surface area contributed by atoms with Gasteiger partial charge < -0.3 is 0 Å². The maximum atomic E-state index is 11.6. The van der Waals surface area contributed by atoms with Crippen molar-refractivity contribution in [3.8, 4) is 0 Å². The van der Waals surface area contributed by atoms with Gasteiger partial charge in [-0.1, -0.05) is 0 Å². The van der Waals surface area contributed by atoms with Crippen LogP contribution in [0.1, 0.15) is 61.8 Å². The number of carbonyl (C=O) groups excluding carboxylic acids is 1. The fraction of sp³-hybridized carbons (Fsp3) is 0.667. The Morgan fingerprint density at radius 3 is 2.06 bits per heavy atom. The minimum absolute atomic E-state index is 0.233. The zero-order chi connectivity index (χ0) is 12.6. The highest BCUT2D eigenvalue weighted by Crippen LogP contribution is 2.18. The van der Waals surface area contributed by atoms with E-state index in [0.29, 0.717) is 5.82 Å². The van der Waals surface area contributed by atoms with E-state index in [-0.39, 0.29) is 12.1 Å². The van der Waals surface area contributed by atoms with Crippen LogP contribution in [0.15, 0.2) is 0 Å². The largest absolute Gasteiger partial charge is 0.343 e. The van der Waals surface area contributed by atoms with Crippen molar-refractivity contribution in [2.45, 2.75) is 53.6 Å². The van der Waals surface area contributed by atoms with Gasteiger partial charge in [-0.2, -0.15) is 0 Å². The molecule has 0 aliphatic carbocycles. The highest BCUT2D eigenvalue weighted by molar-refractivity contribution is 6.67. The molecule has 1 aromatic heterocycles. The number of hydrogen-bond donors (Lipinski definition) is 0. The number of halogens is 1. The van der Waals surface area contributed by atoms with E-state index in [9.17, 15) is 4.79 Å². The third-order valence-electron chi connectivity index (χ3n) is 2.91. The average Bonchev–Trinajstić information content (AvgIpc) is 2.39. The first-order valence-corrected chi connectivity index (χ1v) is 5.99. The lowest BCUT2D eigenvalue weighted by atomic mass is 10.3. The second kappa shape index (κ2) is 4.58. The predicted octanol–water partition coefficient (Wildman–Crippen LogP) is 2.93. The Hall–Kier alpha value is -0.830. The summed E-state index contributed by atoms with van der Waals surface area (Å²) in [6.07, 6.45) is 0. The molecule has 0 fully saturated rings. The summed E-state index contributed by atoms with van der Waals surface area (Å²) in [6, 6.07) is 0.466. The molecule has 90 valence electrons. The van der Waals surface area contributed by atoms with Gasteiger partial charge in [-0.05, 0) is 39.3 Å². The molecule has 0 saturated heterocycles. The van der Waals surface area contributed by atoms with Gasteiger partial charge in [-0.25, -0.2) is 9.13 Å². The van der Waals surface area contributed by atoms with Crippen molar-refractivity contribution in [1.29, 1.82) is 0 Å². The lowest BCUT2D eigenvalue weighted by Gasteiger charge is -2.07. The van der Waals surface area contributed by atoms with Crippen molar-refractivity contribution >= 4 is 16.8 Å². The highest BCUT2D eigenvalue weighted by atomic mass is 35.5. The third-order valence-corrected chi connectivity index (χ3v) is 3.08. The SMILES string of the molecule is Cc1c(C)[n+](C(C)C)c(C(=O)Cl)n1C(C)C. The average molecular weight is 244 g/mol. The molecule has 0 N–H and O–H groups in total. The first-order valence-electron chi connectivity index (χ1n) is 5.61. The fourth-order valence-corrected chi connectivity index (χ4v) is 2.42. The van der Waals surface area contributed by atoms with Crippen LogP contribution in [0.5, 0.6) is 0 Å². The van der Waals surface area contributed by atoms with Crippen LogP contribution >= 0.6 is 11.6 Å². The summed E-state index contributed by atoms with van der Waals surface area (Å²) in [6.45, 7) is 12.3. The molecule has 1 rings (SSSR count). The van der Waals surface area contributed by atoms with E-state index in [1.165, 1.54) is 0 Å². The molecule has 4 heteroatoms.